The van der Waals surface area contributed by atoms with Crippen LogP contribution in [0.5, 0.6) is 0 Å². The standard InChI is InChI=1S/C19H19N5O/c25-19(22-16-10-9-14-5-4-6-15(14)11-16)20-12-18-23-21-13-24(18)17-7-2-1-3-8-17/h1-3,7-11,13H,4-6,12H2,(H2,20,22,25). The average Bonchev–Trinajstić information content (AvgIpc) is 3.29. The molecule has 1 aliphatic carbocycles. The van der Waals surface area contributed by atoms with E-state index in [1.807, 2.05) is 41.0 Å². The molecule has 1 aliphatic rings. The molecule has 1 heterocycles. The molecule has 3 aromatic rings. The van der Waals surface area contributed by atoms with Crippen LogP contribution in [0, 0.1) is 0 Å². The molecule has 0 spiro atoms. The molecule has 25 heavy (non-hydrogen) atoms. The van der Waals surface area contributed by atoms with Crippen molar-refractivity contribution in [2.45, 2.75) is 25.8 Å². The monoisotopic (exact) mass is 333 g/mol. The molecule has 4 rings (SSSR count). The number of para-hydroxylation sites is 1. The van der Waals surface area contributed by atoms with Gasteiger partial charge in [-0.3, -0.25) is 4.57 Å². The molecule has 0 fully saturated rings. The van der Waals surface area contributed by atoms with Gasteiger partial charge in [-0.2, -0.15) is 0 Å². The molecule has 0 atom stereocenters. The zero-order valence-electron chi connectivity index (χ0n) is 13.8. The van der Waals surface area contributed by atoms with Crippen LogP contribution in [0.2, 0.25) is 0 Å². The molecule has 2 N–H and O–H groups in total. The van der Waals surface area contributed by atoms with Crippen LogP contribution in [0.25, 0.3) is 5.69 Å². The van der Waals surface area contributed by atoms with Crippen molar-refractivity contribution in [3.63, 3.8) is 0 Å². The van der Waals surface area contributed by atoms with E-state index < -0.39 is 0 Å². The summed E-state index contributed by atoms with van der Waals surface area (Å²) in [5.74, 6) is 0.676. The van der Waals surface area contributed by atoms with Crippen molar-refractivity contribution < 1.29 is 4.79 Å². The average molecular weight is 333 g/mol. The summed E-state index contributed by atoms with van der Waals surface area (Å²) in [5, 5.41) is 13.8. The Labute approximate surface area is 145 Å². The highest BCUT2D eigenvalue weighted by Crippen LogP contribution is 2.24. The number of hydrogen-bond donors (Lipinski definition) is 2. The maximum Gasteiger partial charge on any atom is 0.319 e. The van der Waals surface area contributed by atoms with Gasteiger partial charge in [0.1, 0.15) is 6.33 Å². The van der Waals surface area contributed by atoms with Gasteiger partial charge < -0.3 is 10.6 Å². The molecule has 2 aromatic carbocycles. The number of benzene rings is 2. The van der Waals surface area contributed by atoms with Crippen molar-refractivity contribution in [1.29, 1.82) is 0 Å². The van der Waals surface area contributed by atoms with Crippen molar-refractivity contribution in [2.24, 2.45) is 0 Å². The van der Waals surface area contributed by atoms with Gasteiger partial charge in [-0.25, -0.2) is 4.79 Å². The second-order valence-corrected chi connectivity index (χ2v) is 6.10. The van der Waals surface area contributed by atoms with E-state index in [1.165, 1.54) is 17.5 Å². The Morgan fingerprint density at radius 3 is 2.80 bits per heavy atom. The van der Waals surface area contributed by atoms with Gasteiger partial charge in [-0.05, 0) is 54.7 Å². The van der Waals surface area contributed by atoms with E-state index >= 15 is 0 Å². The maximum atomic E-state index is 12.2. The number of carbonyl (C=O) groups excluding carboxylic acids is 1. The summed E-state index contributed by atoms with van der Waals surface area (Å²) < 4.78 is 1.86. The second kappa shape index (κ2) is 6.76. The van der Waals surface area contributed by atoms with E-state index in [4.69, 9.17) is 0 Å². The Morgan fingerprint density at radius 1 is 1.08 bits per heavy atom. The van der Waals surface area contributed by atoms with Crippen molar-refractivity contribution in [2.75, 3.05) is 5.32 Å². The number of rotatable bonds is 4. The topological polar surface area (TPSA) is 71.8 Å². The van der Waals surface area contributed by atoms with Crippen molar-refractivity contribution in [1.82, 2.24) is 20.1 Å². The lowest BCUT2D eigenvalue weighted by Gasteiger charge is -2.10. The number of amides is 2. The fourth-order valence-corrected chi connectivity index (χ4v) is 3.17. The summed E-state index contributed by atoms with van der Waals surface area (Å²) >= 11 is 0. The first kappa shape index (κ1) is 15.4. The Balaban J connectivity index is 1.39. The maximum absolute atomic E-state index is 12.2. The molecular formula is C19H19N5O. The molecule has 0 saturated carbocycles. The summed E-state index contributed by atoms with van der Waals surface area (Å²) in [4.78, 5) is 12.2. The van der Waals surface area contributed by atoms with Crippen LogP contribution in [0.15, 0.2) is 54.9 Å². The Kier molecular flexibility index (Phi) is 4.16. The van der Waals surface area contributed by atoms with Gasteiger partial charge in [0.2, 0.25) is 0 Å². The minimum absolute atomic E-state index is 0.249. The number of aryl methyl sites for hydroxylation is 2. The van der Waals surface area contributed by atoms with E-state index in [-0.39, 0.29) is 6.03 Å². The first-order valence-corrected chi connectivity index (χ1v) is 8.40. The van der Waals surface area contributed by atoms with Crippen molar-refractivity contribution in [3.8, 4) is 5.69 Å². The van der Waals surface area contributed by atoms with Gasteiger partial charge in [0, 0.05) is 11.4 Å². The number of urea groups is 1. The zero-order chi connectivity index (χ0) is 17.1. The van der Waals surface area contributed by atoms with Crippen LogP contribution in [0.3, 0.4) is 0 Å². The molecule has 126 valence electrons. The van der Waals surface area contributed by atoms with Gasteiger partial charge in [-0.1, -0.05) is 24.3 Å². The zero-order valence-corrected chi connectivity index (χ0v) is 13.8. The number of anilines is 1. The summed E-state index contributed by atoms with van der Waals surface area (Å²) in [6, 6.07) is 15.7. The first-order valence-electron chi connectivity index (χ1n) is 8.40. The minimum Gasteiger partial charge on any atom is -0.331 e. The molecule has 6 nitrogen and oxygen atoms in total. The van der Waals surface area contributed by atoms with Crippen LogP contribution >= 0.6 is 0 Å². The minimum atomic E-state index is -0.249. The molecule has 0 saturated heterocycles. The number of aromatic nitrogens is 3. The quantitative estimate of drug-likeness (QED) is 0.771. The van der Waals surface area contributed by atoms with Crippen molar-refractivity contribution >= 4 is 11.7 Å². The lowest BCUT2D eigenvalue weighted by Crippen LogP contribution is -2.29. The van der Waals surface area contributed by atoms with E-state index in [0.717, 1.165) is 24.2 Å². The number of hydrogen-bond acceptors (Lipinski definition) is 3. The van der Waals surface area contributed by atoms with E-state index in [0.29, 0.717) is 12.4 Å². The van der Waals surface area contributed by atoms with Crippen LogP contribution in [0.4, 0.5) is 10.5 Å². The van der Waals surface area contributed by atoms with Crippen LogP contribution in [-0.2, 0) is 19.4 Å². The predicted octanol–water partition coefficient (Wildman–Crippen LogP) is 3.08. The fraction of sp³-hybridized carbons (Fsp3) is 0.211. The molecule has 0 radical (unpaired) electrons. The van der Waals surface area contributed by atoms with Gasteiger partial charge in [0.15, 0.2) is 5.82 Å². The Bertz CT molecular complexity index is 888. The lowest BCUT2D eigenvalue weighted by atomic mass is 10.1. The molecule has 1 aromatic heterocycles. The van der Waals surface area contributed by atoms with Crippen LogP contribution in [-0.4, -0.2) is 20.8 Å². The number of carbonyl (C=O) groups is 1. The molecule has 6 heteroatoms. The predicted molar refractivity (Wildman–Crippen MR) is 95.7 cm³/mol. The smallest absolute Gasteiger partial charge is 0.319 e. The lowest BCUT2D eigenvalue weighted by molar-refractivity contribution is 0.251. The molecule has 0 bridgehead atoms. The SMILES string of the molecule is O=C(NCc1nncn1-c1ccccc1)Nc1ccc2c(c1)CCC2. The third-order valence-corrected chi connectivity index (χ3v) is 4.42. The van der Waals surface area contributed by atoms with Gasteiger partial charge >= 0.3 is 6.03 Å². The van der Waals surface area contributed by atoms with Crippen LogP contribution in [0.1, 0.15) is 23.4 Å². The van der Waals surface area contributed by atoms with Gasteiger partial charge in [0.25, 0.3) is 0 Å². The highest BCUT2D eigenvalue weighted by Gasteiger charge is 2.12. The first-order chi connectivity index (χ1) is 12.3. The van der Waals surface area contributed by atoms with E-state index in [2.05, 4.69) is 33.0 Å². The fourth-order valence-electron chi connectivity index (χ4n) is 3.17. The normalized spacial score (nSPS) is 12.6. The number of nitrogens with one attached hydrogen (secondary N) is 2. The number of fused-ring (bicyclic) bond motifs is 1. The highest BCUT2D eigenvalue weighted by molar-refractivity contribution is 5.89. The second-order valence-electron chi connectivity index (χ2n) is 6.10. The third-order valence-electron chi connectivity index (χ3n) is 4.42. The largest absolute Gasteiger partial charge is 0.331 e. The van der Waals surface area contributed by atoms with Crippen molar-refractivity contribution in [3.05, 3.63) is 71.8 Å². The van der Waals surface area contributed by atoms with E-state index in [1.54, 1.807) is 6.33 Å². The Morgan fingerprint density at radius 2 is 1.92 bits per heavy atom. The van der Waals surface area contributed by atoms with Gasteiger partial charge in [0.05, 0.1) is 6.54 Å². The molecule has 0 aliphatic heterocycles. The van der Waals surface area contributed by atoms with E-state index in [9.17, 15) is 4.79 Å². The molecule has 0 unspecified atom stereocenters. The molecular weight excluding hydrogens is 314 g/mol. The summed E-state index contributed by atoms with van der Waals surface area (Å²) in [7, 11) is 0. The summed E-state index contributed by atoms with van der Waals surface area (Å²) in [6.07, 6.45) is 5.06. The summed E-state index contributed by atoms with van der Waals surface area (Å²) in [5.41, 5.74) is 4.51. The van der Waals surface area contributed by atoms with Crippen LogP contribution < -0.4 is 10.6 Å². The molecule has 2 amide bonds. The third kappa shape index (κ3) is 3.38. The number of nitrogens with zero attached hydrogens (tertiary/aromatic N) is 3. The summed E-state index contributed by atoms with van der Waals surface area (Å²) in [6.45, 7) is 0.297. The Hall–Kier alpha value is -3.15. The van der Waals surface area contributed by atoms with Gasteiger partial charge in [-0.15, -0.1) is 10.2 Å². The highest BCUT2D eigenvalue weighted by atomic mass is 16.2.